The summed E-state index contributed by atoms with van der Waals surface area (Å²) in [7, 11) is 0. The molecule has 0 aliphatic carbocycles. The molecular weight excluding hydrogens is 404 g/mol. The summed E-state index contributed by atoms with van der Waals surface area (Å²) in [5, 5.41) is 11.0. The quantitative estimate of drug-likeness (QED) is 0.428. The van der Waals surface area contributed by atoms with Gasteiger partial charge in [-0.2, -0.15) is 0 Å². The van der Waals surface area contributed by atoms with E-state index in [4.69, 9.17) is 9.15 Å². The van der Waals surface area contributed by atoms with E-state index >= 15 is 0 Å². The van der Waals surface area contributed by atoms with Crippen LogP contribution in [0.2, 0.25) is 0 Å². The van der Waals surface area contributed by atoms with Crippen molar-refractivity contribution in [1.82, 2.24) is 20.5 Å². The minimum absolute atomic E-state index is 0.0736. The molecule has 32 heavy (non-hydrogen) atoms. The van der Waals surface area contributed by atoms with E-state index in [0.29, 0.717) is 31.4 Å². The van der Waals surface area contributed by atoms with Crippen LogP contribution in [0.1, 0.15) is 29.1 Å². The van der Waals surface area contributed by atoms with Crippen LogP contribution in [0.3, 0.4) is 0 Å². The van der Waals surface area contributed by atoms with Crippen molar-refractivity contribution in [3.05, 3.63) is 95.6 Å². The van der Waals surface area contributed by atoms with Crippen LogP contribution in [0.25, 0.3) is 11.5 Å². The van der Waals surface area contributed by atoms with E-state index < -0.39 is 0 Å². The molecule has 4 rings (SSSR count). The Bertz CT molecular complexity index is 1140. The molecule has 7 nitrogen and oxygen atoms in total. The van der Waals surface area contributed by atoms with Crippen molar-refractivity contribution in [3.8, 4) is 17.2 Å². The van der Waals surface area contributed by atoms with E-state index in [1.165, 1.54) is 0 Å². The molecule has 0 bridgehead atoms. The van der Waals surface area contributed by atoms with Crippen LogP contribution in [0.5, 0.6) is 5.75 Å². The second-order valence-electron chi connectivity index (χ2n) is 7.40. The van der Waals surface area contributed by atoms with Gasteiger partial charge in [-0.25, -0.2) is 0 Å². The van der Waals surface area contributed by atoms with Gasteiger partial charge in [-0.05, 0) is 48.9 Å². The fraction of sp³-hybridized carbons (Fsp3) is 0.200. The number of benzene rings is 2. The third kappa shape index (κ3) is 6.01. The van der Waals surface area contributed by atoms with E-state index in [0.717, 1.165) is 28.1 Å². The topological polar surface area (TPSA) is 90.1 Å². The molecule has 0 saturated carbocycles. The first kappa shape index (κ1) is 21.2. The zero-order valence-corrected chi connectivity index (χ0v) is 17.8. The van der Waals surface area contributed by atoms with Crippen LogP contribution in [0.15, 0.2) is 77.3 Å². The lowest BCUT2D eigenvalue weighted by Gasteiger charge is -2.08. The van der Waals surface area contributed by atoms with Crippen molar-refractivity contribution in [3.63, 3.8) is 0 Å². The average molecular weight is 428 g/mol. The summed E-state index contributed by atoms with van der Waals surface area (Å²) in [6, 6.07) is 21.2. The molecule has 0 atom stereocenters. The van der Waals surface area contributed by atoms with Gasteiger partial charge in [0.15, 0.2) is 0 Å². The first-order chi connectivity index (χ1) is 15.7. The van der Waals surface area contributed by atoms with E-state index in [2.05, 4.69) is 20.5 Å². The molecule has 2 heterocycles. The van der Waals surface area contributed by atoms with Gasteiger partial charge in [0.2, 0.25) is 17.7 Å². The Kier molecular flexibility index (Phi) is 6.87. The summed E-state index contributed by atoms with van der Waals surface area (Å²) in [4.78, 5) is 16.4. The Morgan fingerprint density at radius 2 is 1.81 bits per heavy atom. The highest BCUT2D eigenvalue weighted by atomic mass is 16.5. The third-order valence-corrected chi connectivity index (χ3v) is 4.86. The molecule has 0 aliphatic heterocycles. The normalized spacial score (nSPS) is 10.7. The Labute approximate surface area is 186 Å². The van der Waals surface area contributed by atoms with Crippen molar-refractivity contribution in [2.24, 2.45) is 0 Å². The van der Waals surface area contributed by atoms with Crippen LogP contribution >= 0.6 is 0 Å². The Morgan fingerprint density at radius 1 is 1.00 bits per heavy atom. The molecule has 4 aromatic rings. The number of hydrogen-bond acceptors (Lipinski definition) is 6. The number of pyridine rings is 1. The van der Waals surface area contributed by atoms with Crippen molar-refractivity contribution in [2.75, 3.05) is 0 Å². The second-order valence-corrected chi connectivity index (χ2v) is 7.40. The number of aryl methyl sites for hydroxylation is 2. The lowest BCUT2D eigenvalue weighted by atomic mass is 10.1. The second kappa shape index (κ2) is 10.3. The van der Waals surface area contributed by atoms with Gasteiger partial charge >= 0.3 is 0 Å². The number of carbonyl (C=O) groups excluding carboxylic acids is 1. The van der Waals surface area contributed by atoms with E-state index in [1.54, 1.807) is 6.20 Å². The average Bonchev–Trinajstić information content (AvgIpc) is 3.31. The summed E-state index contributed by atoms with van der Waals surface area (Å²) in [5.41, 5.74) is 3.89. The number of nitrogens with zero attached hydrogens (tertiary/aromatic N) is 3. The molecular formula is C25H24N4O3. The zero-order chi connectivity index (χ0) is 22.2. The highest BCUT2D eigenvalue weighted by molar-refractivity contribution is 5.76. The molecule has 0 saturated heterocycles. The number of aromatic nitrogens is 3. The van der Waals surface area contributed by atoms with Crippen LogP contribution in [0, 0.1) is 6.92 Å². The lowest BCUT2D eigenvalue weighted by molar-refractivity contribution is -0.121. The smallest absolute Gasteiger partial charge is 0.247 e. The first-order valence-electron chi connectivity index (χ1n) is 10.4. The van der Waals surface area contributed by atoms with Gasteiger partial charge in [-0.15, -0.1) is 10.2 Å². The molecule has 1 amide bonds. The number of hydrogen-bond donors (Lipinski definition) is 1. The predicted octanol–water partition coefficient (Wildman–Crippen LogP) is 4.27. The Morgan fingerprint density at radius 3 is 2.56 bits per heavy atom. The fourth-order valence-electron chi connectivity index (χ4n) is 3.02. The van der Waals surface area contributed by atoms with Gasteiger partial charge in [-0.1, -0.05) is 35.9 Å². The number of carbonyl (C=O) groups is 1. The molecule has 1 N–H and O–H groups in total. The summed E-state index contributed by atoms with van der Waals surface area (Å²) >= 11 is 0. The molecule has 0 aliphatic rings. The Balaban J connectivity index is 1.20. The van der Waals surface area contributed by atoms with Gasteiger partial charge in [0.05, 0.1) is 5.69 Å². The fourth-order valence-corrected chi connectivity index (χ4v) is 3.02. The van der Waals surface area contributed by atoms with E-state index in [9.17, 15) is 4.79 Å². The minimum atomic E-state index is -0.0736. The highest BCUT2D eigenvalue weighted by Crippen LogP contribution is 2.19. The number of nitrogens with one attached hydrogen (secondary N) is 1. The Hall–Kier alpha value is -4.00. The molecule has 2 aromatic carbocycles. The molecule has 0 spiro atoms. The van der Waals surface area contributed by atoms with Crippen molar-refractivity contribution >= 4 is 5.91 Å². The van der Waals surface area contributed by atoms with Gasteiger partial charge in [0, 0.05) is 31.1 Å². The van der Waals surface area contributed by atoms with Crippen molar-refractivity contribution in [2.45, 2.75) is 32.9 Å². The lowest BCUT2D eigenvalue weighted by Crippen LogP contribution is -2.23. The van der Waals surface area contributed by atoms with Crippen LogP contribution in [-0.4, -0.2) is 21.1 Å². The van der Waals surface area contributed by atoms with Gasteiger partial charge in [0.1, 0.15) is 12.4 Å². The van der Waals surface area contributed by atoms with E-state index in [1.807, 2.05) is 73.7 Å². The number of rotatable bonds is 9. The third-order valence-electron chi connectivity index (χ3n) is 4.86. The summed E-state index contributed by atoms with van der Waals surface area (Å²) in [6.45, 7) is 2.88. The first-order valence-corrected chi connectivity index (χ1v) is 10.4. The molecule has 7 heteroatoms. The van der Waals surface area contributed by atoms with E-state index in [-0.39, 0.29) is 12.3 Å². The minimum Gasteiger partial charge on any atom is -0.487 e. The number of ether oxygens (including phenoxy) is 1. The van der Waals surface area contributed by atoms with Gasteiger partial charge in [-0.3, -0.25) is 9.78 Å². The van der Waals surface area contributed by atoms with Crippen molar-refractivity contribution < 1.29 is 13.9 Å². The summed E-state index contributed by atoms with van der Waals surface area (Å²) in [6.07, 6.45) is 2.41. The molecule has 0 fully saturated rings. The maximum absolute atomic E-state index is 12.2. The number of amides is 1. The molecule has 0 radical (unpaired) electrons. The summed E-state index contributed by atoms with van der Waals surface area (Å²) < 4.78 is 11.4. The molecule has 162 valence electrons. The summed E-state index contributed by atoms with van der Waals surface area (Å²) in [5.74, 6) is 1.60. The monoisotopic (exact) mass is 428 g/mol. The molecule has 2 aromatic heterocycles. The largest absolute Gasteiger partial charge is 0.487 e. The standard InChI is InChI=1S/C25H24N4O3/c1-18-5-9-20(10-6-18)25-29-28-24(32-25)14-13-23(30)27-16-19-7-11-22(12-8-19)31-17-21-4-2-3-15-26-21/h2-12,15H,13-14,16-17H2,1H3,(H,27,30). The van der Waals surface area contributed by atoms with Crippen LogP contribution < -0.4 is 10.1 Å². The van der Waals surface area contributed by atoms with Crippen LogP contribution in [-0.2, 0) is 24.4 Å². The van der Waals surface area contributed by atoms with Gasteiger partial charge in [0.25, 0.3) is 0 Å². The maximum Gasteiger partial charge on any atom is 0.247 e. The van der Waals surface area contributed by atoms with Crippen LogP contribution in [0.4, 0.5) is 0 Å². The zero-order valence-electron chi connectivity index (χ0n) is 17.8. The molecule has 0 unspecified atom stereocenters. The highest BCUT2D eigenvalue weighted by Gasteiger charge is 2.10. The SMILES string of the molecule is Cc1ccc(-c2nnc(CCC(=O)NCc3ccc(OCc4ccccn4)cc3)o2)cc1. The maximum atomic E-state index is 12.2. The van der Waals surface area contributed by atoms with Gasteiger partial charge < -0.3 is 14.5 Å². The van der Waals surface area contributed by atoms with Crippen molar-refractivity contribution in [1.29, 1.82) is 0 Å². The predicted molar refractivity (Wildman–Crippen MR) is 120 cm³/mol.